The Morgan fingerprint density at radius 3 is 2.67 bits per heavy atom. The summed E-state index contributed by atoms with van der Waals surface area (Å²) < 4.78 is 0. The molecule has 0 aromatic heterocycles. The number of rotatable bonds is 3. The molecule has 1 unspecified atom stereocenters. The molecule has 18 heavy (non-hydrogen) atoms. The first kappa shape index (κ1) is 14.1. The Morgan fingerprint density at radius 2 is 2.11 bits per heavy atom. The van der Waals surface area contributed by atoms with Crippen LogP contribution in [0.5, 0.6) is 0 Å². The Morgan fingerprint density at radius 1 is 1.39 bits per heavy atom. The monoisotopic (exact) mass is 286 g/mol. The summed E-state index contributed by atoms with van der Waals surface area (Å²) in [4.78, 5) is 2.45. The first-order valence-electron chi connectivity index (χ1n) is 6.38. The molecule has 0 saturated carbocycles. The van der Waals surface area contributed by atoms with E-state index in [4.69, 9.17) is 28.9 Å². The lowest BCUT2D eigenvalue weighted by Crippen LogP contribution is -2.43. The maximum Gasteiger partial charge on any atom is 0.0640 e. The second-order valence-electron chi connectivity index (χ2n) is 5.50. The molecule has 0 amide bonds. The van der Waals surface area contributed by atoms with Gasteiger partial charge < -0.3 is 5.73 Å². The molecular weight excluding hydrogens is 267 g/mol. The van der Waals surface area contributed by atoms with Crippen LogP contribution in [0.15, 0.2) is 18.2 Å². The van der Waals surface area contributed by atoms with Gasteiger partial charge >= 0.3 is 0 Å². The van der Waals surface area contributed by atoms with Crippen LogP contribution in [0.2, 0.25) is 10.0 Å². The summed E-state index contributed by atoms with van der Waals surface area (Å²) in [6.45, 7) is 6.16. The van der Waals surface area contributed by atoms with Crippen molar-refractivity contribution in [1.29, 1.82) is 0 Å². The zero-order valence-electron chi connectivity index (χ0n) is 10.9. The molecule has 1 aliphatic heterocycles. The van der Waals surface area contributed by atoms with Crippen molar-refractivity contribution in [3.63, 3.8) is 0 Å². The molecule has 100 valence electrons. The van der Waals surface area contributed by atoms with Gasteiger partial charge in [0.05, 0.1) is 10.0 Å². The fourth-order valence-corrected chi connectivity index (χ4v) is 3.34. The van der Waals surface area contributed by atoms with Crippen LogP contribution in [-0.4, -0.2) is 23.5 Å². The third-order valence-corrected chi connectivity index (χ3v) is 4.74. The smallest absolute Gasteiger partial charge is 0.0640 e. The SMILES string of the molecule is CC1(C)CCCN1C(CN)c1cccc(Cl)c1Cl. The Labute approximate surface area is 119 Å². The van der Waals surface area contributed by atoms with Crippen molar-refractivity contribution < 1.29 is 0 Å². The Balaban J connectivity index is 2.37. The molecule has 1 heterocycles. The van der Waals surface area contributed by atoms with Gasteiger partial charge in [-0.15, -0.1) is 0 Å². The summed E-state index contributed by atoms with van der Waals surface area (Å²) in [7, 11) is 0. The van der Waals surface area contributed by atoms with E-state index in [1.54, 1.807) is 0 Å². The van der Waals surface area contributed by atoms with Crippen molar-refractivity contribution in [2.24, 2.45) is 5.73 Å². The molecule has 1 aromatic carbocycles. The quantitative estimate of drug-likeness (QED) is 0.914. The number of halogens is 2. The average molecular weight is 287 g/mol. The molecule has 0 aliphatic carbocycles. The highest BCUT2D eigenvalue weighted by Gasteiger charge is 2.37. The maximum absolute atomic E-state index is 6.32. The number of hydrogen-bond donors (Lipinski definition) is 1. The van der Waals surface area contributed by atoms with Crippen molar-refractivity contribution in [1.82, 2.24) is 4.90 Å². The highest BCUT2D eigenvalue weighted by atomic mass is 35.5. The van der Waals surface area contributed by atoms with Crippen LogP contribution in [0.4, 0.5) is 0 Å². The predicted molar refractivity (Wildman–Crippen MR) is 78.3 cm³/mol. The van der Waals surface area contributed by atoms with Crippen LogP contribution in [0.1, 0.15) is 38.3 Å². The second-order valence-corrected chi connectivity index (χ2v) is 6.29. The van der Waals surface area contributed by atoms with Crippen molar-refractivity contribution in [2.45, 2.75) is 38.3 Å². The van der Waals surface area contributed by atoms with Gasteiger partial charge in [-0.05, 0) is 44.9 Å². The van der Waals surface area contributed by atoms with Crippen LogP contribution in [0.25, 0.3) is 0 Å². The molecule has 2 nitrogen and oxygen atoms in total. The largest absolute Gasteiger partial charge is 0.329 e. The summed E-state index contributed by atoms with van der Waals surface area (Å²) >= 11 is 12.4. The third kappa shape index (κ3) is 2.53. The Hall–Kier alpha value is -0.280. The van der Waals surface area contributed by atoms with Gasteiger partial charge in [-0.2, -0.15) is 0 Å². The molecule has 2 N–H and O–H groups in total. The van der Waals surface area contributed by atoms with Crippen molar-refractivity contribution in [2.75, 3.05) is 13.1 Å². The molecule has 1 aromatic rings. The van der Waals surface area contributed by atoms with Crippen LogP contribution in [0, 0.1) is 0 Å². The fraction of sp³-hybridized carbons (Fsp3) is 0.571. The molecule has 0 radical (unpaired) electrons. The average Bonchev–Trinajstić information content (AvgIpc) is 2.66. The molecule has 2 rings (SSSR count). The van der Waals surface area contributed by atoms with Crippen LogP contribution < -0.4 is 5.73 Å². The summed E-state index contributed by atoms with van der Waals surface area (Å²) in [6.07, 6.45) is 2.41. The minimum Gasteiger partial charge on any atom is -0.329 e. The molecular formula is C14H20Cl2N2. The summed E-state index contributed by atoms with van der Waals surface area (Å²) in [5.74, 6) is 0. The second kappa shape index (κ2) is 5.38. The van der Waals surface area contributed by atoms with Gasteiger partial charge in [-0.3, -0.25) is 4.90 Å². The summed E-state index contributed by atoms with van der Waals surface area (Å²) in [5.41, 5.74) is 7.20. The lowest BCUT2D eigenvalue weighted by Gasteiger charge is -2.38. The molecule has 1 saturated heterocycles. The van der Waals surface area contributed by atoms with Gasteiger partial charge in [0.25, 0.3) is 0 Å². The molecule has 1 aliphatic rings. The van der Waals surface area contributed by atoms with E-state index < -0.39 is 0 Å². The number of nitrogens with zero attached hydrogens (tertiary/aromatic N) is 1. The van der Waals surface area contributed by atoms with Gasteiger partial charge in [-0.1, -0.05) is 35.3 Å². The summed E-state index contributed by atoms with van der Waals surface area (Å²) in [6, 6.07) is 5.93. The van der Waals surface area contributed by atoms with Gasteiger partial charge in [0.1, 0.15) is 0 Å². The van der Waals surface area contributed by atoms with Gasteiger partial charge in [-0.25, -0.2) is 0 Å². The van der Waals surface area contributed by atoms with Crippen molar-refractivity contribution >= 4 is 23.2 Å². The lowest BCUT2D eigenvalue weighted by atomic mass is 9.97. The van der Waals surface area contributed by atoms with E-state index >= 15 is 0 Å². The number of nitrogens with two attached hydrogens (primary N) is 1. The van der Waals surface area contributed by atoms with E-state index in [0.29, 0.717) is 16.6 Å². The number of likely N-dealkylation sites (tertiary alicyclic amines) is 1. The standard InChI is InChI=1S/C14H20Cl2N2/c1-14(2)7-4-8-18(14)12(9-17)10-5-3-6-11(15)13(10)16/h3,5-6,12H,4,7-9,17H2,1-2H3. The van der Waals surface area contributed by atoms with E-state index in [-0.39, 0.29) is 11.6 Å². The number of benzene rings is 1. The van der Waals surface area contributed by atoms with Gasteiger partial charge in [0.15, 0.2) is 0 Å². The van der Waals surface area contributed by atoms with E-state index in [0.717, 1.165) is 12.1 Å². The van der Waals surface area contributed by atoms with Gasteiger partial charge in [0, 0.05) is 18.1 Å². The lowest BCUT2D eigenvalue weighted by molar-refractivity contribution is 0.119. The third-order valence-electron chi connectivity index (χ3n) is 3.91. The molecule has 4 heteroatoms. The first-order valence-corrected chi connectivity index (χ1v) is 7.13. The normalized spacial score (nSPS) is 21.2. The number of hydrogen-bond acceptors (Lipinski definition) is 2. The van der Waals surface area contributed by atoms with Crippen molar-refractivity contribution in [3.05, 3.63) is 33.8 Å². The van der Waals surface area contributed by atoms with Gasteiger partial charge in [0.2, 0.25) is 0 Å². The molecule has 1 atom stereocenters. The summed E-state index contributed by atoms with van der Waals surface area (Å²) in [5, 5.41) is 1.24. The minimum absolute atomic E-state index is 0.147. The van der Waals surface area contributed by atoms with Crippen LogP contribution >= 0.6 is 23.2 Å². The first-order chi connectivity index (χ1) is 8.47. The molecule has 0 spiro atoms. The highest BCUT2D eigenvalue weighted by molar-refractivity contribution is 6.42. The van der Waals surface area contributed by atoms with E-state index in [1.807, 2.05) is 18.2 Å². The Bertz CT molecular complexity index is 432. The predicted octanol–water partition coefficient (Wildman–Crippen LogP) is 3.87. The van der Waals surface area contributed by atoms with Crippen LogP contribution in [0.3, 0.4) is 0 Å². The highest BCUT2D eigenvalue weighted by Crippen LogP contribution is 2.39. The topological polar surface area (TPSA) is 29.3 Å². The van der Waals surface area contributed by atoms with E-state index in [2.05, 4.69) is 18.7 Å². The zero-order chi connectivity index (χ0) is 13.3. The van der Waals surface area contributed by atoms with Crippen molar-refractivity contribution in [3.8, 4) is 0 Å². The van der Waals surface area contributed by atoms with Crippen LogP contribution in [-0.2, 0) is 0 Å². The Kier molecular flexibility index (Phi) is 4.22. The molecule has 0 bridgehead atoms. The fourth-order valence-electron chi connectivity index (χ4n) is 2.91. The minimum atomic E-state index is 0.147. The van der Waals surface area contributed by atoms with E-state index in [1.165, 1.54) is 12.8 Å². The maximum atomic E-state index is 6.32. The van der Waals surface area contributed by atoms with E-state index in [9.17, 15) is 0 Å². The zero-order valence-corrected chi connectivity index (χ0v) is 12.4. The molecule has 1 fully saturated rings.